The molecule has 0 aliphatic heterocycles. The fourth-order valence-electron chi connectivity index (χ4n) is 0.236. The lowest BCUT2D eigenvalue weighted by atomic mass is 10.6. The zero-order chi connectivity index (χ0) is 6.83. The first kappa shape index (κ1) is 10.2. The van der Waals surface area contributed by atoms with Crippen molar-refractivity contribution in [2.24, 2.45) is 0 Å². The minimum atomic E-state index is 1.02. The van der Waals surface area contributed by atoms with Crippen molar-refractivity contribution in [3.63, 3.8) is 0 Å². The van der Waals surface area contributed by atoms with E-state index >= 15 is 0 Å². The van der Waals surface area contributed by atoms with Crippen molar-refractivity contribution in [1.29, 1.82) is 0 Å². The Hall–Kier alpha value is -0.900. The Kier molecular flexibility index (Phi) is 21.0. The second-order valence-electron chi connectivity index (χ2n) is 1.06. The fraction of sp³-hybridized carbons (Fsp3) is 0.429. The minimum absolute atomic E-state index is 1.02. The molecule has 46 valence electrons. The Balaban J connectivity index is 0. The van der Waals surface area contributed by atoms with Gasteiger partial charge in [0, 0.05) is 6.54 Å². The molecule has 0 spiro atoms. The van der Waals surface area contributed by atoms with Crippen LogP contribution in [0.15, 0.2) is 12.3 Å². The summed E-state index contributed by atoms with van der Waals surface area (Å²) in [6, 6.07) is 0. The largest absolute Gasteiger partial charge is 0.391 e. The molecule has 0 aliphatic carbocycles. The van der Waals surface area contributed by atoms with Gasteiger partial charge < -0.3 is 5.32 Å². The molecule has 0 aromatic carbocycles. The molecule has 0 atom stereocenters. The van der Waals surface area contributed by atoms with Gasteiger partial charge in [0.05, 0.1) is 0 Å². The number of rotatable bonds is 2. The first-order valence-corrected chi connectivity index (χ1v) is 2.59. The van der Waals surface area contributed by atoms with E-state index < -0.39 is 0 Å². The lowest BCUT2D eigenvalue weighted by molar-refractivity contribution is 0.917. The van der Waals surface area contributed by atoms with Gasteiger partial charge in [-0.05, 0) is 20.0 Å². The molecule has 0 aromatic rings. The van der Waals surface area contributed by atoms with Crippen LogP contribution in [0, 0.1) is 12.8 Å². The van der Waals surface area contributed by atoms with Crippen LogP contribution in [0.3, 0.4) is 0 Å². The molecule has 0 fully saturated rings. The zero-order valence-corrected chi connectivity index (χ0v) is 5.52. The number of hydrogen-bond acceptors (Lipinski definition) is 1. The quantitative estimate of drug-likeness (QED) is 0.531. The lowest BCUT2D eigenvalue weighted by Gasteiger charge is -1.85. The summed E-state index contributed by atoms with van der Waals surface area (Å²) in [7, 11) is 0. The summed E-state index contributed by atoms with van der Waals surface area (Å²) in [5.41, 5.74) is 0. The van der Waals surface area contributed by atoms with E-state index in [9.17, 15) is 0 Å². The van der Waals surface area contributed by atoms with Gasteiger partial charge in [-0.2, -0.15) is 0 Å². The van der Waals surface area contributed by atoms with Crippen molar-refractivity contribution in [2.75, 3.05) is 6.54 Å². The lowest BCUT2D eigenvalue weighted by Crippen LogP contribution is -2.00. The van der Waals surface area contributed by atoms with Crippen molar-refractivity contribution in [1.82, 2.24) is 5.32 Å². The molecule has 0 aliphatic rings. The van der Waals surface area contributed by atoms with Gasteiger partial charge in [0.2, 0.25) is 0 Å². The zero-order valence-electron chi connectivity index (χ0n) is 5.52. The van der Waals surface area contributed by atoms with Crippen molar-refractivity contribution >= 4 is 0 Å². The van der Waals surface area contributed by atoms with Crippen LogP contribution in [0.2, 0.25) is 0 Å². The number of nitrogens with one attached hydrogen (secondary N) is 1. The summed E-state index contributed by atoms with van der Waals surface area (Å²) >= 11 is 0. The van der Waals surface area contributed by atoms with Gasteiger partial charge in [-0.25, -0.2) is 0 Å². The summed E-state index contributed by atoms with van der Waals surface area (Å²) in [6.45, 7) is 5.08. The third-order valence-electron chi connectivity index (χ3n) is 0.489. The maximum atomic E-state index is 4.00. The van der Waals surface area contributed by atoms with E-state index in [1.165, 1.54) is 0 Å². The molecule has 8 heavy (non-hydrogen) atoms. The summed E-state index contributed by atoms with van der Waals surface area (Å²) in [6.07, 6.45) is 11.9. The molecule has 1 N–H and O–H groups in total. The standard InChI is InChI=1S/C5H11N.C2H2/c1-3-5-6-4-2;1-2/h3,5-6H,4H2,1-2H3;1-2H/b5-3-;. The normalized spacial score (nSPS) is 7.50. The van der Waals surface area contributed by atoms with E-state index in [0.717, 1.165) is 6.54 Å². The molecule has 0 bridgehead atoms. The minimum Gasteiger partial charge on any atom is -0.391 e. The van der Waals surface area contributed by atoms with Crippen molar-refractivity contribution < 1.29 is 0 Å². The van der Waals surface area contributed by atoms with Crippen LogP contribution in [0.1, 0.15) is 13.8 Å². The van der Waals surface area contributed by atoms with Crippen molar-refractivity contribution in [3.05, 3.63) is 12.3 Å². The van der Waals surface area contributed by atoms with Gasteiger partial charge in [-0.15, -0.1) is 12.8 Å². The van der Waals surface area contributed by atoms with Gasteiger partial charge in [-0.1, -0.05) is 6.08 Å². The van der Waals surface area contributed by atoms with Crippen molar-refractivity contribution in [3.8, 4) is 12.8 Å². The van der Waals surface area contributed by atoms with E-state index in [1.54, 1.807) is 0 Å². The highest BCUT2D eigenvalue weighted by Crippen LogP contribution is 1.58. The maximum Gasteiger partial charge on any atom is 0.0112 e. The predicted octanol–water partition coefficient (Wildman–Crippen LogP) is 1.38. The molecule has 0 unspecified atom stereocenters. The molecule has 0 aromatic heterocycles. The van der Waals surface area contributed by atoms with Gasteiger partial charge in [-0.3, -0.25) is 0 Å². The third kappa shape index (κ3) is 19.4. The maximum absolute atomic E-state index is 4.00. The Morgan fingerprint density at radius 3 is 2.12 bits per heavy atom. The molecule has 0 saturated carbocycles. The van der Waals surface area contributed by atoms with Crippen LogP contribution in [0.25, 0.3) is 0 Å². The Morgan fingerprint density at radius 1 is 1.50 bits per heavy atom. The molecule has 1 heteroatoms. The van der Waals surface area contributed by atoms with Crippen LogP contribution in [-0.2, 0) is 0 Å². The summed E-state index contributed by atoms with van der Waals surface area (Å²) in [4.78, 5) is 0. The van der Waals surface area contributed by atoms with E-state index in [1.807, 2.05) is 19.2 Å². The van der Waals surface area contributed by atoms with Gasteiger partial charge >= 0.3 is 0 Å². The van der Waals surface area contributed by atoms with Crippen LogP contribution in [-0.4, -0.2) is 6.54 Å². The third-order valence-corrected chi connectivity index (χ3v) is 0.489. The smallest absolute Gasteiger partial charge is 0.0112 e. The monoisotopic (exact) mass is 111 g/mol. The van der Waals surface area contributed by atoms with E-state index in [-0.39, 0.29) is 0 Å². The molecule has 0 rings (SSSR count). The SMILES string of the molecule is C#C.C/C=C\NCC. The van der Waals surface area contributed by atoms with Gasteiger partial charge in [0.25, 0.3) is 0 Å². The fourth-order valence-corrected chi connectivity index (χ4v) is 0.236. The van der Waals surface area contributed by atoms with E-state index in [4.69, 9.17) is 0 Å². The Bertz CT molecular complexity index is 62.0. The van der Waals surface area contributed by atoms with Crippen LogP contribution < -0.4 is 5.32 Å². The highest BCUT2D eigenvalue weighted by Gasteiger charge is 1.58. The molecule has 0 radical (unpaired) electrons. The molecule has 0 heterocycles. The average molecular weight is 111 g/mol. The Morgan fingerprint density at radius 2 is 2.00 bits per heavy atom. The van der Waals surface area contributed by atoms with E-state index in [0.29, 0.717) is 0 Å². The molecular weight excluding hydrogens is 98.1 g/mol. The molecule has 0 saturated heterocycles. The summed E-state index contributed by atoms with van der Waals surface area (Å²) < 4.78 is 0. The second-order valence-corrected chi connectivity index (χ2v) is 1.06. The highest BCUT2D eigenvalue weighted by molar-refractivity contribution is 4.72. The first-order chi connectivity index (χ1) is 3.91. The molecule has 1 nitrogen and oxygen atoms in total. The van der Waals surface area contributed by atoms with Crippen molar-refractivity contribution in [2.45, 2.75) is 13.8 Å². The van der Waals surface area contributed by atoms with E-state index in [2.05, 4.69) is 25.1 Å². The summed E-state index contributed by atoms with van der Waals surface area (Å²) in [5.74, 6) is 0. The van der Waals surface area contributed by atoms with Crippen LogP contribution in [0.4, 0.5) is 0 Å². The van der Waals surface area contributed by atoms with Gasteiger partial charge in [0.1, 0.15) is 0 Å². The number of hydrogen-bond donors (Lipinski definition) is 1. The van der Waals surface area contributed by atoms with Gasteiger partial charge in [0.15, 0.2) is 0 Å². The Labute approximate surface area is 51.8 Å². The first-order valence-electron chi connectivity index (χ1n) is 2.59. The molecule has 0 amide bonds. The topological polar surface area (TPSA) is 12.0 Å². The predicted molar refractivity (Wildman–Crippen MR) is 38.4 cm³/mol. The second kappa shape index (κ2) is 16.5. The highest BCUT2D eigenvalue weighted by atomic mass is 14.8. The molecular formula is C7H13N. The average Bonchev–Trinajstić information content (AvgIpc) is 1.88. The van der Waals surface area contributed by atoms with Crippen LogP contribution >= 0.6 is 0 Å². The van der Waals surface area contributed by atoms with Crippen LogP contribution in [0.5, 0.6) is 0 Å². The summed E-state index contributed by atoms with van der Waals surface area (Å²) in [5, 5.41) is 3.02. The number of terminal acetylenes is 1. The number of allylic oxidation sites excluding steroid dienone is 1.